The van der Waals surface area contributed by atoms with Crippen LogP contribution in [-0.4, -0.2) is 61.6 Å². The fraction of sp³-hybridized carbons (Fsp3) is 0.759. The van der Waals surface area contributed by atoms with Crippen molar-refractivity contribution in [2.45, 2.75) is 88.5 Å². The molecule has 10 heteroatoms. The highest BCUT2D eigenvalue weighted by Gasteiger charge is 2.52. The first-order chi connectivity index (χ1) is 18.9. The molecule has 1 amide bonds. The third-order valence-corrected chi connectivity index (χ3v) is 10.5. The van der Waals surface area contributed by atoms with E-state index in [2.05, 4.69) is 17.1 Å². The number of nitrogens with zero attached hydrogens (tertiary/aromatic N) is 2. The van der Waals surface area contributed by atoms with Gasteiger partial charge in [0.25, 0.3) is 5.91 Å². The molecule has 4 fully saturated rings. The first kappa shape index (κ1) is 28.6. The smallest absolute Gasteiger partial charge is 0.345 e. The van der Waals surface area contributed by atoms with Gasteiger partial charge in [-0.15, -0.1) is 11.8 Å². The molecule has 7 atom stereocenters. The number of esters is 1. The van der Waals surface area contributed by atoms with Crippen molar-refractivity contribution in [2.75, 3.05) is 30.9 Å². The fourth-order valence-corrected chi connectivity index (χ4v) is 8.53. The lowest BCUT2D eigenvalue weighted by atomic mass is 9.54. The molecule has 39 heavy (non-hydrogen) atoms. The Hall–Kier alpha value is -1.94. The fourth-order valence-electron chi connectivity index (χ4n) is 7.66. The molecule has 0 spiro atoms. The lowest BCUT2D eigenvalue weighted by Crippen LogP contribution is -2.59. The van der Waals surface area contributed by atoms with Gasteiger partial charge in [-0.3, -0.25) is 9.59 Å². The average molecular weight is 566 g/mol. The molecule has 1 aromatic heterocycles. The van der Waals surface area contributed by atoms with Crippen molar-refractivity contribution in [3.8, 4) is 0 Å². The van der Waals surface area contributed by atoms with Crippen LogP contribution in [0.25, 0.3) is 0 Å². The van der Waals surface area contributed by atoms with Crippen molar-refractivity contribution >= 4 is 29.5 Å². The molecule has 3 saturated carbocycles. The summed E-state index contributed by atoms with van der Waals surface area (Å²) in [5.41, 5.74) is 0.578. The molecule has 2 heterocycles. The van der Waals surface area contributed by atoms with Crippen LogP contribution in [0, 0.1) is 29.6 Å². The van der Waals surface area contributed by atoms with E-state index in [0.29, 0.717) is 30.2 Å². The van der Waals surface area contributed by atoms with Gasteiger partial charge in [0.2, 0.25) is 0 Å². The number of nitrogens with one attached hydrogen (secondary N) is 1. The van der Waals surface area contributed by atoms with E-state index in [0.717, 1.165) is 74.6 Å². The third kappa shape index (κ3) is 6.53. The second-order valence-electron chi connectivity index (χ2n) is 11.8. The molecule has 4 unspecified atom stereocenters. The predicted molar refractivity (Wildman–Crippen MR) is 146 cm³/mol. The molecular formula is C29H41F2N3O4S. The minimum Gasteiger partial charge on any atom is -0.469 e. The van der Waals surface area contributed by atoms with Crippen LogP contribution < -0.4 is 10.2 Å². The van der Waals surface area contributed by atoms with Crippen LogP contribution in [0.3, 0.4) is 0 Å². The Bertz CT molecular complexity index is 1030. The summed E-state index contributed by atoms with van der Waals surface area (Å²) in [6.45, 7) is 0.957. The van der Waals surface area contributed by atoms with Gasteiger partial charge in [0, 0.05) is 25.6 Å². The largest absolute Gasteiger partial charge is 0.469 e. The van der Waals surface area contributed by atoms with Crippen molar-refractivity contribution in [3.63, 3.8) is 0 Å². The highest BCUT2D eigenvalue weighted by Crippen LogP contribution is 2.53. The number of anilines is 1. The number of rotatable bonds is 10. The number of ether oxygens (including phenoxy) is 2. The second kappa shape index (κ2) is 12.7. The molecule has 3 aliphatic carbocycles. The number of amides is 1. The van der Waals surface area contributed by atoms with E-state index in [-0.39, 0.29) is 35.7 Å². The zero-order chi connectivity index (χ0) is 27.5. The summed E-state index contributed by atoms with van der Waals surface area (Å²) in [6, 6.07) is 3.79. The lowest BCUT2D eigenvalue weighted by Gasteiger charge is -2.55. The monoisotopic (exact) mass is 565 g/mol. The van der Waals surface area contributed by atoms with Gasteiger partial charge in [-0.2, -0.15) is 8.78 Å². The molecular weight excluding hydrogens is 524 g/mol. The molecule has 5 rings (SSSR count). The number of fused-ring (bicyclic) bond motifs is 2. The molecule has 7 nitrogen and oxygen atoms in total. The zero-order valence-electron chi connectivity index (χ0n) is 23.0. The molecule has 4 aliphatic rings. The Morgan fingerprint density at radius 2 is 2.03 bits per heavy atom. The van der Waals surface area contributed by atoms with E-state index >= 15 is 0 Å². The van der Waals surface area contributed by atoms with E-state index < -0.39 is 12.7 Å². The third-order valence-electron chi connectivity index (χ3n) is 9.31. The lowest BCUT2D eigenvalue weighted by molar-refractivity contribution is -0.210. The number of methoxy groups -OCH3 is 1. The van der Waals surface area contributed by atoms with Crippen LogP contribution >= 0.6 is 11.8 Å². The molecule has 1 N–H and O–H groups in total. The number of thioether (sulfide) groups is 1. The van der Waals surface area contributed by atoms with Crippen LogP contribution in [-0.2, 0) is 14.3 Å². The first-order valence-corrected chi connectivity index (χ1v) is 15.5. The Labute approximate surface area is 234 Å². The number of hydrogen-bond donors (Lipinski definition) is 1. The van der Waals surface area contributed by atoms with E-state index in [1.54, 1.807) is 11.8 Å². The Balaban J connectivity index is 1.31. The van der Waals surface area contributed by atoms with Gasteiger partial charge >= 0.3 is 12.6 Å². The van der Waals surface area contributed by atoms with Crippen molar-refractivity contribution in [2.24, 2.45) is 29.6 Å². The number of pyridine rings is 1. The van der Waals surface area contributed by atoms with E-state index in [1.165, 1.54) is 7.11 Å². The summed E-state index contributed by atoms with van der Waals surface area (Å²) in [5.74, 6) is 2.65. The van der Waals surface area contributed by atoms with Gasteiger partial charge in [0.05, 0.1) is 18.8 Å². The second-order valence-corrected chi connectivity index (χ2v) is 12.9. The Morgan fingerprint density at radius 1 is 1.18 bits per heavy atom. The molecule has 1 saturated heterocycles. The number of carbonyl (C=O) groups is 2. The highest BCUT2D eigenvalue weighted by atomic mass is 32.2. The summed E-state index contributed by atoms with van der Waals surface area (Å²) in [4.78, 5) is 32.7. The number of hydrogen-bond acceptors (Lipinski definition) is 7. The first-order valence-electron chi connectivity index (χ1n) is 14.6. The molecule has 0 aromatic carbocycles. The average Bonchev–Trinajstić information content (AvgIpc) is 2.91. The maximum absolute atomic E-state index is 13.7. The summed E-state index contributed by atoms with van der Waals surface area (Å²) in [6.07, 6.45) is 7.41. The summed E-state index contributed by atoms with van der Waals surface area (Å²) >= 11 is 1.60. The van der Waals surface area contributed by atoms with Gasteiger partial charge in [-0.1, -0.05) is 6.92 Å². The van der Waals surface area contributed by atoms with Crippen LogP contribution in [0.2, 0.25) is 0 Å². The number of aromatic nitrogens is 1. The molecule has 3 bridgehead atoms. The normalized spacial score (nSPS) is 31.8. The summed E-state index contributed by atoms with van der Waals surface area (Å²) < 4.78 is 36.2. The van der Waals surface area contributed by atoms with Crippen LogP contribution in [0.4, 0.5) is 14.6 Å². The van der Waals surface area contributed by atoms with Gasteiger partial charge in [0.15, 0.2) is 0 Å². The van der Waals surface area contributed by atoms with Crippen LogP contribution in [0.1, 0.15) is 75.1 Å². The standard InChI is InChI=1S/C29H41F2N3O4S/c1-3-11-39-28-21(8-9-24(32-28)34-10-4-5-17(16-34)15-25(35)37-2)27(36)33-26-19-6-7-20-22(26)13-18(12-19)14-23(20)38-29(30)31/h8-9,17-20,22-23,26,29H,3-7,10-16H2,1-2H3,(H,33,36)/t17-,18?,19?,20?,22?,23-,26+/m0/s1. The molecule has 0 radical (unpaired) electrons. The number of piperidine rings is 1. The van der Waals surface area contributed by atoms with E-state index in [4.69, 9.17) is 14.5 Å². The van der Waals surface area contributed by atoms with E-state index in [1.807, 2.05) is 12.1 Å². The summed E-state index contributed by atoms with van der Waals surface area (Å²) in [5, 5.41) is 4.07. The maximum Gasteiger partial charge on any atom is 0.345 e. The van der Waals surface area contributed by atoms with Crippen molar-refractivity contribution in [3.05, 3.63) is 17.7 Å². The van der Waals surface area contributed by atoms with Gasteiger partial charge in [-0.05, 0) is 98.8 Å². The van der Waals surface area contributed by atoms with Crippen molar-refractivity contribution in [1.82, 2.24) is 10.3 Å². The maximum atomic E-state index is 13.7. The summed E-state index contributed by atoms with van der Waals surface area (Å²) in [7, 11) is 1.42. The zero-order valence-corrected chi connectivity index (χ0v) is 23.8. The number of carbonyl (C=O) groups excluding carboxylic acids is 2. The predicted octanol–water partition coefficient (Wildman–Crippen LogP) is 5.53. The van der Waals surface area contributed by atoms with Gasteiger partial charge in [-0.25, -0.2) is 4.98 Å². The quantitative estimate of drug-likeness (QED) is 0.295. The van der Waals surface area contributed by atoms with Crippen molar-refractivity contribution < 1.29 is 27.8 Å². The van der Waals surface area contributed by atoms with Gasteiger partial charge < -0.3 is 19.7 Å². The molecule has 1 aliphatic heterocycles. The molecule has 216 valence electrons. The minimum atomic E-state index is -2.75. The Kier molecular flexibility index (Phi) is 9.31. The minimum absolute atomic E-state index is 0.0125. The SMILES string of the molecule is CCCSc1nc(N2CCC[C@@H](CC(=O)OC)C2)ccc1C(=O)N[C@@H]1C2CCC3C1CC(C2)C[C@@H]3OC(F)F. The van der Waals surface area contributed by atoms with E-state index in [9.17, 15) is 18.4 Å². The topological polar surface area (TPSA) is 80.8 Å². The Morgan fingerprint density at radius 3 is 2.79 bits per heavy atom. The van der Waals surface area contributed by atoms with Crippen LogP contribution in [0.5, 0.6) is 0 Å². The molecule has 1 aromatic rings. The number of alkyl halides is 2. The number of halogens is 2. The van der Waals surface area contributed by atoms with Crippen LogP contribution in [0.15, 0.2) is 17.2 Å². The van der Waals surface area contributed by atoms with Crippen molar-refractivity contribution in [1.29, 1.82) is 0 Å². The highest BCUT2D eigenvalue weighted by molar-refractivity contribution is 7.99. The van der Waals surface area contributed by atoms with Gasteiger partial charge in [0.1, 0.15) is 10.8 Å².